The Balaban J connectivity index is 1.20. The number of rotatable bonds is 7. The van der Waals surface area contributed by atoms with Gasteiger partial charge >= 0.3 is 0 Å². The van der Waals surface area contributed by atoms with Gasteiger partial charge in [0.05, 0.1) is 18.2 Å². The van der Waals surface area contributed by atoms with Crippen LogP contribution in [0.2, 0.25) is 0 Å². The Kier molecular flexibility index (Phi) is 5.05. The van der Waals surface area contributed by atoms with Gasteiger partial charge in [-0.1, -0.05) is 12.1 Å². The number of halogens is 1. The van der Waals surface area contributed by atoms with Crippen LogP contribution in [0.25, 0.3) is 10.9 Å². The summed E-state index contributed by atoms with van der Waals surface area (Å²) in [4.78, 5) is 6.74. The normalized spacial score (nSPS) is 20.0. The zero-order valence-corrected chi connectivity index (χ0v) is 16.8. The Morgan fingerprint density at radius 2 is 2.00 bits per heavy atom. The highest BCUT2D eigenvalue weighted by Gasteiger charge is 2.54. The molecule has 2 heterocycles. The molecule has 0 bridgehead atoms. The molecule has 156 valence electrons. The highest BCUT2D eigenvalue weighted by molar-refractivity contribution is 5.86. The van der Waals surface area contributed by atoms with E-state index in [0.29, 0.717) is 12.4 Å². The maximum Gasteiger partial charge on any atom is 0.165 e. The van der Waals surface area contributed by atoms with Crippen LogP contribution in [0.4, 0.5) is 4.39 Å². The first-order valence-corrected chi connectivity index (χ1v) is 10.5. The van der Waals surface area contributed by atoms with Gasteiger partial charge in [-0.2, -0.15) is 0 Å². The minimum Gasteiger partial charge on any atom is -0.493 e. The summed E-state index contributed by atoms with van der Waals surface area (Å²) in [6.45, 7) is 3.34. The molecule has 1 aromatic heterocycles. The molecular weight excluding hydrogens is 383 g/mol. The summed E-state index contributed by atoms with van der Waals surface area (Å²) in [6.07, 6.45) is 4.71. The maximum absolute atomic E-state index is 13.9. The van der Waals surface area contributed by atoms with Crippen molar-refractivity contribution in [3.05, 3.63) is 60.5 Å². The average Bonchev–Trinajstić information content (AvgIpc) is 3.46. The van der Waals surface area contributed by atoms with E-state index in [-0.39, 0.29) is 17.3 Å². The van der Waals surface area contributed by atoms with Crippen LogP contribution in [0.1, 0.15) is 19.3 Å². The minimum atomic E-state index is -0.402. The van der Waals surface area contributed by atoms with Gasteiger partial charge in [0.15, 0.2) is 11.6 Å². The zero-order chi connectivity index (χ0) is 20.6. The first kappa shape index (κ1) is 19.3. The van der Waals surface area contributed by atoms with Crippen molar-refractivity contribution in [1.82, 2.24) is 9.88 Å². The molecule has 3 aromatic rings. The van der Waals surface area contributed by atoms with E-state index in [4.69, 9.17) is 9.47 Å². The molecule has 0 radical (unpaired) electrons. The van der Waals surface area contributed by atoms with Gasteiger partial charge in [-0.05, 0) is 49.6 Å². The van der Waals surface area contributed by atoms with E-state index >= 15 is 0 Å². The third kappa shape index (κ3) is 3.85. The van der Waals surface area contributed by atoms with Crippen LogP contribution < -0.4 is 9.47 Å². The molecular formula is C24H25FN2O3. The van der Waals surface area contributed by atoms with Crippen LogP contribution in [-0.4, -0.2) is 47.3 Å². The molecule has 1 N–H and O–H groups in total. The Hall–Kier alpha value is -2.70. The van der Waals surface area contributed by atoms with Gasteiger partial charge < -0.3 is 14.6 Å². The van der Waals surface area contributed by atoms with Crippen LogP contribution in [0.3, 0.4) is 0 Å². The lowest BCUT2D eigenvalue weighted by molar-refractivity contribution is 0.131. The molecule has 2 aromatic carbocycles. The third-order valence-corrected chi connectivity index (χ3v) is 6.19. The number of aromatic nitrogens is 1. The molecule has 1 saturated carbocycles. The van der Waals surface area contributed by atoms with Crippen LogP contribution in [0.5, 0.6) is 17.2 Å². The fraction of sp³-hybridized carbons (Fsp3) is 0.375. The number of hydrogen-bond donors (Lipinski definition) is 1. The van der Waals surface area contributed by atoms with Gasteiger partial charge in [0.1, 0.15) is 11.5 Å². The largest absolute Gasteiger partial charge is 0.493 e. The highest BCUT2D eigenvalue weighted by atomic mass is 19.1. The second-order valence-electron chi connectivity index (χ2n) is 8.34. The number of nitrogens with zero attached hydrogens (tertiary/aromatic N) is 2. The van der Waals surface area contributed by atoms with Gasteiger partial charge in [-0.25, -0.2) is 4.39 Å². The number of likely N-dealkylation sites (tertiary alicyclic amines) is 1. The van der Waals surface area contributed by atoms with E-state index in [0.717, 1.165) is 55.5 Å². The summed E-state index contributed by atoms with van der Waals surface area (Å²) in [5.74, 6) is 1.09. The molecule has 1 saturated heterocycles. The van der Waals surface area contributed by atoms with Gasteiger partial charge in [-0.3, -0.25) is 9.88 Å². The van der Waals surface area contributed by atoms with E-state index in [1.165, 1.54) is 6.07 Å². The maximum atomic E-state index is 13.9. The number of hydrogen-bond acceptors (Lipinski definition) is 5. The Morgan fingerprint density at radius 1 is 1.13 bits per heavy atom. The SMILES string of the molecule is OC1CN(CCCOc2ccc3c(Oc4ccccc4F)ccnc3c2)CC12CC2. The highest BCUT2D eigenvalue weighted by Crippen LogP contribution is 2.52. The summed E-state index contributed by atoms with van der Waals surface area (Å²) in [6, 6.07) is 13.7. The quantitative estimate of drug-likeness (QED) is 0.588. The van der Waals surface area contributed by atoms with Crippen molar-refractivity contribution in [3.8, 4) is 17.2 Å². The molecule has 1 aliphatic carbocycles. The first-order chi connectivity index (χ1) is 14.6. The molecule has 5 nitrogen and oxygen atoms in total. The lowest BCUT2D eigenvalue weighted by atomic mass is 10.0. The van der Waals surface area contributed by atoms with Crippen molar-refractivity contribution in [3.63, 3.8) is 0 Å². The molecule has 2 fully saturated rings. The van der Waals surface area contributed by atoms with Gasteiger partial charge in [0.2, 0.25) is 0 Å². The van der Waals surface area contributed by atoms with E-state index in [2.05, 4.69) is 9.88 Å². The zero-order valence-electron chi connectivity index (χ0n) is 16.8. The van der Waals surface area contributed by atoms with Crippen LogP contribution in [-0.2, 0) is 0 Å². The third-order valence-electron chi connectivity index (χ3n) is 6.19. The standard InChI is InChI=1S/C24H25FN2O3/c25-19-4-1-2-5-22(19)30-21-8-11-26-20-14-17(6-7-18(20)21)29-13-3-12-27-15-23(28)24(16-27)9-10-24/h1-2,4-8,11,14,23,28H,3,9-10,12-13,15-16H2. The van der Waals surface area contributed by atoms with Gasteiger partial charge in [-0.15, -0.1) is 0 Å². The number of ether oxygens (including phenoxy) is 2. The summed E-state index contributed by atoms with van der Waals surface area (Å²) in [5.41, 5.74) is 0.938. The van der Waals surface area contributed by atoms with Crippen molar-refractivity contribution in [2.75, 3.05) is 26.2 Å². The number of aliphatic hydroxyl groups is 1. The van der Waals surface area contributed by atoms with E-state index in [1.54, 1.807) is 30.5 Å². The fourth-order valence-electron chi connectivity index (χ4n) is 4.28. The summed E-state index contributed by atoms with van der Waals surface area (Å²) in [7, 11) is 0. The summed E-state index contributed by atoms with van der Waals surface area (Å²) in [5, 5.41) is 10.9. The first-order valence-electron chi connectivity index (χ1n) is 10.5. The molecule has 5 rings (SSSR count). The molecule has 1 atom stereocenters. The van der Waals surface area contributed by atoms with E-state index in [9.17, 15) is 9.50 Å². The van der Waals surface area contributed by atoms with Crippen molar-refractivity contribution in [1.29, 1.82) is 0 Å². The topological polar surface area (TPSA) is 54.8 Å². The molecule has 2 aliphatic rings. The lowest BCUT2D eigenvalue weighted by Gasteiger charge is -2.15. The Bertz CT molecular complexity index is 1050. The molecule has 6 heteroatoms. The number of aliphatic hydroxyl groups excluding tert-OH is 1. The summed E-state index contributed by atoms with van der Waals surface area (Å²) < 4.78 is 25.6. The predicted molar refractivity (Wildman–Crippen MR) is 112 cm³/mol. The van der Waals surface area contributed by atoms with Gasteiger partial charge in [0.25, 0.3) is 0 Å². The van der Waals surface area contributed by atoms with Gasteiger partial charge in [0, 0.05) is 42.7 Å². The number of fused-ring (bicyclic) bond motifs is 1. The second-order valence-corrected chi connectivity index (χ2v) is 8.34. The number of benzene rings is 2. The van der Waals surface area contributed by atoms with Crippen LogP contribution >= 0.6 is 0 Å². The smallest absolute Gasteiger partial charge is 0.165 e. The van der Waals surface area contributed by atoms with Crippen molar-refractivity contribution in [2.45, 2.75) is 25.4 Å². The Labute approximate surface area is 175 Å². The monoisotopic (exact) mass is 408 g/mol. The number of β-amino-alcohol motifs (C(OH)–C–C–N with tert-alkyl or cyclic N) is 1. The Morgan fingerprint density at radius 3 is 2.80 bits per heavy atom. The fourth-order valence-corrected chi connectivity index (χ4v) is 4.28. The molecule has 0 amide bonds. The number of para-hydroxylation sites is 1. The average molecular weight is 408 g/mol. The second kappa shape index (κ2) is 7.85. The van der Waals surface area contributed by atoms with Crippen LogP contribution in [0, 0.1) is 11.2 Å². The molecule has 1 spiro atoms. The van der Waals surface area contributed by atoms with Crippen molar-refractivity contribution in [2.24, 2.45) is 5.41 Å². The van der Waals surface area contributed by atoms with Crippen molar-refractivity contribution >= 4 is 10.9 Å². The summed E-state index contributed by atoms with van der Waals surface area (Å²) >= 11 is 0. The number of pyridine rings is 1. The van der Waals surface area contributed by atoms with E-state index < -0.39 is 5.82 Å². The predicted octanol–water partition coefficient (Wildman–Crippen LogP) is 4.39. The van der Waals surface area contributed by atoms with Crippen LogP contribution in [0.15, 0.2) is 54.7 Å². The minimum absolute atomic E-state index is 0.161. The lowest BCUT2D eigenvalue weighted by Crippen LogP contribution is -2.24. The molecule has 30 heavy (non-hydrogen) atoms. The molecule has 1 unspecified atom stereocenters. The van der Waals surface area contributed by atoms with E-state index in [1.807, 2.05) is 18.2 Å². The molecule has 1 aliphatic heterocycles. The van der Waals surface area contributed by atoms with Crippen molar-refractivity contribution < 1.29 is 19.0 Å².